The number of fused-ring (bicyclic) bond motifs is 1. The summed E-state index contributed by atoms with van der Waals surface area (Å²) in [5.41, 5.74) is 0.331. The van der Waals surface area contributed by atoms with Crippen molar-refractivity contribution in [2.24, 2.45) is 0 Å². The van der Waals surface area contributed by atoms with Crippen molar-refractivity contribution < 1.29 is 0 Å². The minimum absolute atomic E-state index is 0.182. The molecule has 90 valence electrons. The van der Waals surface area contributed by atoms with E-state index in [0.717, 1.165) is 11.2 Å². The van der Waals surface area contributed by atoms with Crippen LogP contribution in [0.15, 0.2) is 35.5 Å². The van der Waals surface area contributed by atoms with Crippen LogP contribution in [0.5, 0.6) is 0 Å². The van der Waals surface area contributed by atoms with Gasteiger partial charge in [-0.05, 0) is 6.07 Å². The van der Waals surface area contributed by atoms with Crippen LogP contribution in [-0.2, 0) is 6.54 Å². The fourth-order valence-corrected chi connectivity index (χ4v) is 1.58. The Bertz CT molecular complexity index is 718. The second-order valence-electron chi connectivity index (χ2n) is 3.71. The van der Waals surface area contributed by atoms with Gasteiger partial charge in [0.25, 0.3) is 0 Å². The second-order valence-corrected chi connectivity index (χ2v) is 3.71. The van der Waals surface area contributed by atoms with Gasteiger partial charge in [0, 0.05) is 30.0 Å². The van der Waals surface area contributed by atoms with Gasteiger partial charge < -0.3 is 15.3 Å². The Labute approximate surface area is 101 Å². The molecular weight excluding hydrogens is 232 g/mol. The Hall–Kier alpha value is -2.70. The van der Waals surface area contributed by atoms with E-state index < -0.39 is 0 Å². The standard InChI is InChI=1S/C11H10N6O/c18-9-2-1-7-5-14-11(17-10(7)16-9)15-6-8-12-3-4-13-8/h1-5H,6H2,(H,12,13)(H2,14,15,16,17,18). The molecule has 0 aromatic carbocycles. The van der Waals surface area contributed by atoms with Gasteiger partial charge in [-0.25, -0.2) is 9.97 Å². The number of anilines is 1. The summed E-state index contributed by atoms with van der Waals surface area (Å²) in [6.07, 6.45) is 5.08. The Morgan fingerprint density at radius 1 is 1.28 bits per heavy atom. The molecule has 3 aromatic rings. The van der Waals surface area contributed by atoms with E-state index >= 15 is 0 Å². The number of aromatic amines is 2. The van der Waals surface area contributed by atoms with E-state index in [2.05, 4.69) is 30.2 Å². The molecule has 3 heterocycles. The first-order valence-corrected chi connectivity index (χ1v) is 5.39. The molecule has 0 aliphatic rings. The van der Waals surface area contributed by atoms with Crippen LogP contribution in [0.3, 0.4) is 0 Å². The van der Waals surface area contributed by atoms with E-state index in [4.69, 9.17) is 0 Å². The fraction of sp³-hybridized carbons (Fsp3) is 0.0909. The van der Waals surface area contributed by atoms with Gasteiger partial charge in [0.2, 0.25) is 11.5 Å². The molecular formula is C11H10N6O. The summed E-state index contributed by atoms with van der Waals surface area (Å²) in [5.74, 6) is 1.24. The number of hydrogen-bond acceptors (Lipinski definition) is 5. The normalized spacial score (nSPS) is 10.7. The predicted octanol–water partition coefficient (Wildman–Crippen LogP) is 0.653. The number of rotatable bonds is 3. The number of nitrogens with one attached hydrogen (secondary N) is 3. The summed E-state index contributed by atoms with van der Waals surface area (Å²) in [7, 11) is 0. The average molecular weight is 242 g/mol. The van der Waals surface area contributed by atoms with Crippen molar-refractivity contribution in [2.45, 2.75) is 6.54 Å². The fourth-order valence-electron chi connectivity index (χ4n) is 1.58. The number of aromatic nitrogens is 5. The third-order valence-corrected chi connectivity index (χ3v) is 2.44. The van der Waals surface area contributed by atoms with E-state index in [-0.39, 0.29) is 5.56 Å². The molecule has 3 N–H and O–H groups in total. The molecule has 0 amide bonds. The highest BCUT2D eigenvalue weighted by atomic mass is 16.1. The van der Waals surface area contributed by atoms with Crippen LogP contribution in [0.4, 0.5) is 5.95 Å². The summed E-state index contributed by atoms with van der Waals surface area (Å²) in [6, 6.07) is 3.13. The third-order valence-electron chi connectivity index (χ3n) is 2.44. The van der Waals surface area contributed by atoms with Crippen LogP contribution in [-0.4, -0.2) is 24.9 Å². The maximum Gasteiger partial charge on any atom is 0.249 e. The van der Waals surface area contributed by atoms with Crippen LogP contribution in [0, 0.1) is 0 Å². The summed E-state index contributed by atoms with van der Waals surface area (Å²) < 4.78 is 0. The lowest BCUT2D eigenvalue weighted by atomic mass is 10.3. The number of hydrogen-bond donors (Lipinski definition) is 3. The molecule has 3 aromatic heterocycles. The van der Waals surface area contributed by atoms with Crippen molar-refractivity contribution in [1.29, 1.82) is 0 Å². The summed E-state index contributed by atoms with van der Waals surface area (Å²) >= 11 is 0. The molecule has 0 bridgehead atoms. The third kappa shape index (κ3) is 2.05. The Balaban J connectivity index is 1.86. The van der Waals surface area contributed by atoms with Crippen molar-refractivity contribution in [1.82, 2.24) is 24.9 Å². The molecule has 0 saturated heterocycles. The Morgan fingerprint density at radius 2 is 2.22 bits per heavy atom. The van der Waals surface area contributed by atoms with Crippen molar-refractivity contribution >= 4 is 17.0 Å². The first-order chi connectivity index (χ1) is 8.81. The topological polar surface area (TPSA) is 99.3 Å². The Kier molecular flexibility index (Phi) is 2.49. The summed E-state index contributed by atoms with van der Waals surface area (Å²) in [5, 5.41) is 3.81. The highest BCUT2D eigenvalue weighted by molar-refractivity contribution is 5.74. The van der Waals surface area contributed by atoms with Crippen LogP contribution in [0.1, 0.15) is 5.82 Å². The molecule has 7 nitrogen and oxygen atoms in total. The van der Waals surface area contributed by atoms with E-state index in [1.54, 1.807) is 24.7 Å². The maximum atomic E-state index is 11.2. The van der Waals surface area contributed by atoms with Crippen molar-refractivity contribution in [3.8, 4) is 0 Å². The number of pyridine rings is 1. The lowest BCUT2D eigenvalue weighted by Gasteiger charge is -2.03. The molecule has 18 heavy (non-hydrogen) atoms. The van der Waals surface area contributed by atoms with Gasteiger partial charge in [-0.15, -0.1) is 0 Å². The molecule has 7 heteroatoms. The first-order valence-electron chi connectivity index (χ1n) is 5.39. The van der Waals surface area contributed by atoms with Gasteiger partial charge in [-0.2, -0.15) is 4.98 Å². The van der Waals surface area contributed by atoms with E-state index in [1.165, 1.54) is 6.07 Å². The average Bonchev–Trinajstić information content (AvgIpc) is 2.89. The van der Waals surface area contributed by atoms with Gasteiger partial charge in [0.1, 0.15) is 11.5 Å². The van der Waals surface area contributed by atoms with Gasteiger partial charge in [-0.3, -0.25) is 4.79 Å². The maximum absolute atomic E-state index is 11.2. The molecule has 0 radical (unpaired) electrons. The summed E-state index contributed by atoms with van der Waals surface area (Å²) in [4.78, 5) is 29.3. The monoisotopic (exact) mass is 242 g/mol. The van der Waals surface area contributed by atoms with Crippen LogP contribution < -0.4 is 10.9 Å². The van der Waals surface area contributed by atoms with Crippen molar-refractivity contribution in [3.05, 3.63) is 46.9 Å². The highest BCUT2D eigenvalue weighted by Gasteiger charge is 2.01. The quantitative estimate of drug-likeness (QED) is 0.626. The minimum Gasteiger partial charge on any atom is -0.347 e. The number of nitrogens with zero attached hydrogens (tertiary/aromatic N) is 3. The van der Waals surface area contributed by atoms with Crippen molar-refractivity contribution in [3.63, 3.8) is 0 Å². The SMILES string of the molecule is O=c1ccc2cnc(NCc3ncc[nH]3)nc2[nH]1. The van der Waals surface area contributed by atoms with Gasteiger partial charge >= 0.3 is 0 Å². The van der Waals surface area contributed by atoms with E-state index in [9.17, 15) is 4.79 Å². The van der Waals surface area contributed by atoms with Crippen LogP contribution in [0.2, 0.25) is 0 Å². The zero-order valence-electron chi connectivity index (χ0n) is 9.34. The van der Waals surface area contributed by atoms with Gasteiger partial charge in [0.05, 0.1) is 6.54 Å². The van der Waals surface area contributed by atoms with E-state index in [1.807, 2.05) is 0 Å². The first kappa shape index (κ1) is 10.5. The van der Waals surface area contributed by atoms with E-state index in [0.29, 0.717) is 18.1 Å². The molecule has 0 saturated carbocycles. The largest absolute Gasteiger partial charge is 0.347 e. The predicted molar refractivity (Wildman–Crippen MR) is 66.1 cm³/mol. The second kappa shape index (κ2) is 4.28. The zero-order valence-corrected chi connectivity index (χ0v) is 9.34. The summed E-state index contributed by atoms with van der Waals surface area (Å²) in [6.45, 7) is 0.496. The minimum atomic E-state index is -0.182. The highest BCUT2D eigenvalue weighted by Crippen LogP contribution is 2.08. The molecule has 0 unspecified atom stereocenters. The molecule has 0 aliphatic heterocycles. The van der Waals surface area contributed by atoms with Crippen LogP contribution >= 0.6 is 0 Å². The molecule has 0 spiro atoms. The molecule has 0 fully saturated rings. The zero-order chi connectivity index (χ0) is 12.4. The number of H-pyrrole nitrogens is 2. The van der Waals surface area contributed by atoms with Gasteiger partial charge in [-0.1, -0.05) is 0 Å². The van der Waals surface area contributed by atoms with Crippen molar-refractivity contribution in [2.75, 3.05) is 5.32 Å². The van der Waals surface area contributed by atoms with Crippen LogP contribution in [0.25, 0.3) is 11.0 Å². The Morgan fingerprint density at radius 3 is 3.06 bits per heavy atom. The smallest absolute Gasteiger partial charge is 0.249 e. The molecule has 0 atom stereocenters. The lowest BCUT2D eigenvalue weighted by Crippen LogP contribution is -2.08. The number of imidazole rings is 1. The van der Waals surface area contributed by atoms with Gasteiger partial charge in [0.15, 0.2) is 0 Å². The lowest BCUT2D eigenvalue weighted by molar-refractivity contribution is 0.971. The molecule has 0 aliphatic carbocycles. The molecule has 3 rings (SSSR count).